The average molecular weight is 400 g/mol. The Bertz CT molecular complexity index is 588. The van der Waals surface area contributed by atoms with Crippen LogP contribution in [0.25, 0.3) is 0 Å². The fraction of sp³-hybridized carbons (Fsp3) is 0.895. The number of urea groups is 1. The van der Waals surface area contributed by atoms with Gasteiger partial charge in [-0.15, -0.1) is 0 Å². The molecule has 0 spiro atoms. The number of carbonyl (C=O) groups excluding carboxylic acids is 2. The molecule has 3 amide bonds. The number of hydrogen-bond acceptors (Lipinski definition) is 4. The summed E-state index contributed by atoms with van der Waals surface area (Å²) in [7, 11) is 0. The number of hydrogen-bond donors (Lipinski definition) is 1. The first-order valence-corrected chi connectivity index (χ1v) is 10.4. The van der Waals surface area contributed by atoms with Crippen LogP contribution in [0.2, 0.25) is 0 Å². The molecule has 0 aliphatic carbocycles. The van der Waals surface area contributed by atoms with Gasteiger partial charge in [0.1, 0.15) is 6.61 Å². The molecule has 4 aliphatic rings. The van der Waals surface area contributed by atoms with Crippen molar-refractivity contribution in [2.24, 2.45) is 5.92 Å². The normalized spacial score (nSPS) is 32.0. The molecular weight excluding hydrogens is 370 g/mol. The number of amides is 3. The van der Waals surface area contributed by atoms with E-state index in [0.29, 0.717) is 45.2 Å². The molecule has 7 nitrogen and oxygen atoms in total. The third-order valence-corrected chi connectivity index (χ3v) is 6.58. The van der Waals surface area contributed by atoms with Crippen LogP contribution >= 0.6 is 0 Å². The lowest BCUT2D eigenvalue weighted by atomic mass is 9.95. The molecule has 0 radical (unpaired) electrons. The number of likely N-dealkylation sites (tertiary alicyclic amines) is 3. The Morgan fingerprint density at radius 2 is 1.75 bits per heavy atom. The highest BCUT2D eigenvalue weighted by Gasteiger charge is 2.38. The molecule has 0 aromatic rings. The van der Waals surface area contributed by atoms with Crippen molar-refractivity contribution in [1.82, 2.24) is 20.0 Å². The van der Waals surface area contributed by atoms with E-state index >= 15 is 0 Å². The Balaban J connectivity index is 1.21. The van der Waals surface area contributed by atoms with Crippen LogP contribution in [0.3, 0.4) is 0 Å². The molecule has 4 aliphatic heterocycles. The number of piperidine rings is 3. The monoisotopic (exact) mass is 400 g/mol. The molecule has 9 heteroatoms. The Kier molecular flexibility index (Phi) is 5.73. The molecule has 2 atom stereocenters. The molecule has 0 aromatic heterocycles. The Morgan fingerprint density at radius 3 is 2.46 bits per heavy atom. The zero-order valence-corrected chi connectivity index (χ0v) is 16.2. The van der Waals surface area contributed by atoms with Crippen LogP contribution in [0.5, 0.6) is 0 Å². The number of alkyl halides is 2. The summed E-state index contributed by atoms with van der Waals surface area (Å²) < 4.78 is 32.1. The fourth-order valence-corrected chi connectivity index (χ4v) is 4.81. The number of rotatable bonds is 2. The minimum absolute atomic E-state index is 0.00408. The highest BCUT2D eigenvalue weighted by Crippen LogP contribution is 2.29. The minimum Gasteiger partial charge on any atom is -0.366 e. The van der Waals surface area contributed by atoms with Gasteiger partial charge in [0.15, 0.2) is 0 Å². The number of fused-ring (bicyclic) bond motifs is 1. The molecular formula is C19H30F2N4O3. The second-order valence-electron chi connectivity index (χ2n) is 8.63. The quantitative estimate of drug-likeness (QED) is 0.755. The van der Waals surface area contributed by atoms with Crippen LogP contribution in [0.4, 0.5) is 13.6 Å². The van der Waals surface area contributed by atoms with E-state index in [1.165, 1.54) is 0 Å². The summed E-state index contributed by atoms with van der Waals surface area (Å²) in [4.78, 5) is 30.3. The maximum Gasteiger partial charge on any atom is 0.320 e. The Morgan fingerprint density at radius 1 is 1.07 bits per heavy atom. The second kappa shape index (κ2) is 8.10. The predicted molar refractivity (Wildman–Crippen MR) is 98.2 cm³/mol. The molecule has 1 N–H and O–H groups in total. The summed E-state index contributed by atoms with van der Waals surface area (Å²) in [6, 6.07) is -0.0805. The number of morpholine rings is 1. The van der Waals surface area contributed by atoms with Crippen LogP contribution < -0.4 is 5.32 Å². The predicted octanol–water partition coefficient (Wildman–Crippen LogP) is 1.14. The topological polar surface area (TPSA) is 65.1 Å². The molecule has 158 valence electrons. The first-order chi connectivity index (χ1) is 13.4. The lowest BCUT2D eigenvalue weighted by Gasteiger charge is -2.43. The van der Waals surface area contributed by atoms with Crippen LogP contribution in [0.15, 0.2) is 0 Å². The number of ether oxygens (including phenoxy) is 1. The van der Waals surface area contributed by atoms with E-state index in [1.807, 2.05) is 9.80 Å². The smallest absolute Gasteiger partial charge is 0.320 e. The summed E-state index contributed by atoms with van der Waals surface area (Å²) >= 11 is 0. The van der Waals surface area contributed by atoms with Crippen molar-refractivity contribution in [1.29, 1.82) is 0 Å². The van der Waals surface area contributed by atoms with E-state index in [1.54, 1.807) is 0 Å². The fourth-order valence-electron chi connectivity index (χ4n) is 4.81. The van der Waals surface area contributed by atoms with E-state index < -0.39 is 5.92 Å². The van der Waals surface area contributed by atoms with Gasteiger partial charge in [0, 0.05) is 58.7 Å². The van der Waals surface area contributed by atoms with Gasteiger partial charge in [-0.3, -0.25) is 4.79 Å². The molecule has 0 bridgehead atoms. The van der Waals surface area contributed by atoms with Gasteiger partial charge in [-0.1, -0.05) is 0 Å². The maximum atomic E-state index is 13.3. The van der Waals surface area contributed by atoms with Gasteiger partial charge in [0.2, 0.25) is 5.91 Å². The average Bonchev–Trinajstić information content (AvgIpc) is 2.69. The van der Waals surface area contributed by atoms with Crippen LogP contribution in [0, 0.1) is 5.92 Å². The van der Waals surface area contributed by atoms with Crippen molar-refractivity contribution in [3.05, 3.63) is 0 Å². The van der Waals surface area contributed by atoms with E-state index in [0.717, 1.165) is 25.8 Å². The van der Waals surface area contributed by atoms with Crippen molar-refractivity contribution in [2.45, 2.75) is 50.2 Å². The van der Waals surface area contributed by atoms with Gasteiger partial charge in [-0.2, -0.15) is 0 Å². The molecule has 4 rings (SSSR count). The zero-order valence-electron chi connectivity index (χ0n) is 16.2. The highest BCUT2D eigenvalue weighted by atomic mass is 19.3. The van der Waals surface area contributed by atoms with Crippen molar-refractivity contribution < 1.29 is 23.1 Å². The molecule has 0 aromatic carbocycles. The summed E-state index contributed by atoms with van der Waals surface area (Å²) in [5, 5.41) is 2.93. The van der Waals surface area contributed by atoms with Crippen molar-refractivity contribution in [3.63, 3.8) is 0 Å². The summed E-state index contributed by atoms with van der Waals surface area (Å²) in [5.74, 6) is -2.15. The van der Waals surface area contributed by atoms with E-state index in [2.05, 4.69) is 10.2 Å². The van der Waals surface area contributed by atoms with E-state index in [4.69, 9.17) is 4.74 Å². The van der Waals surface area contributed by atoms with Crippen molar-refractivity contribution >= 4 is 11.9 Å². The molecule has 4 heterocycles. The zero-order chi connectivity index (χ0) is 19.7. The minimum atomic E-state index is -2.50. The first kappa shape index (κ1) is 19.8. The molecule has 0 unspecified atom stereocenters. The van der Waals surface area contributed by atoms with Crippen LogP contribution in [-0.4, -0.2) is 97.1 Å². The SMILES string of the molecule is O=C1CO[C@H]2CCN(C(=O)N3CCC(CN4CCC(F)(F)CC4)CC3)C[C@H]2N1. The van der Waals surface area contributed by atoms with Gasteiger partial charge < -0.3 is 24.8 Å². The summed E-state index contributed by atoms with van der Waals surface area (Å²) in [6.45, 7) is 4.47. The number of nitrogens with one attached hydrogen (secondary N) is 1. The Hall–Kier alpha value is -1.48. The molecule has 0 saturated carbocycles. The lowest BCUT2D eigenvalue weighted by Crippen LogP contribution is -2.62. The standard InChI is InChI=1S/C19H30F2N4O3/c20-19(21)4-9-23(10-5-19)11-14-1-6-24(7-2-14)18(27)25-8-3-16-15(12-25)22-17(26)13-28-16/h14-16H,1-13H2,(H,22,26)/t15-,16+/m1/s1. The summed E-state index contributed by atoms with van der Waals surface area (Å²) in [6.07, 6.45) is 2.50. The maximum absolute atomic E-state index is 13.3. The van der Waals surface area contributed by atoms with Crippen molar-refractivity contribution in [3.8, 4) is 0 Å². The van der Waals surface area contributed by atoms with E-state index in [9.17, 15) is 18.4 Å². The van der Waals surface area contributed by atoms with Gasteiger partial charge in [0.05, 0.1) is 12.1 Å². The third kappa shape index (κ3) is 4.56. The van der Waals surface area contributed by atoms with Crippen LogP contribution in [0.1, 0.15) is 32.1 Å². The van der Waals surface area contributed by atoms with Gasteiger partial charge in [-0.05, 0) is 25.2 Å². The van der Waals surface area contributed by atoms with Gasteiger partial charge in [0.25, 0.3) is 5.92 Å². The van der Waals surface area contributed by atoms with Crippen LogP contribution in [-0.2, 0) is 9.53 Å². The third-order valence-electron chi connectivity index (χ3n) is 6.58. The molecule has 28 heavy (non-hydrogen) atoms. The van der Waals surface area contributed by atoms with Crippen molar-refractivity contribution in [2.75, 3.05) is 52.4 Å². The number of halogens is 2. The number of carbonyl (C=O) groups is 2. The summed E-state index contributed by atoms with van der Waals surface area (Å²) in [5.41, 5.74) is 0. The largest absolute Gasteiger partial charge is 0.366 e. The lowest BCUT2D eigenvalue weighted by molar-refractivity contribution is -0.139. The number of nitrogens with zero attached hydrogens (tertiary/aromatic N) is 3. The first-order valence-electron chi connectivity index (χ1n) is 10.4. The van der Waals surface area contributed by atoms with E-state index in [-0.39, 0.29) is 43.5 Å². The van der Waals surface area contributed by atoms with Gasteiger partial charge in [-0.25, -0.2) is 13.6 Å². The molecule has 4 fully saturated rings. The molecule has 4 saturated heterocycles. The highest BCUT2D eigenvalue weighted by molar-refractivity contribution is 5.79. The Labute approximate surface area is 164 Å². The van der Waals surface area contributed by atoms with Gasteiger partial charge >= 0.3 is 6.03 Å². The second-order valence-corrected chi connectivity index (χ2v) is 8.63.